The zero-order valence-corrected chi connectivity index (χ0v) is 12.2. The quantitative estimate of drug-likeness (QED) is 0.683. The topological polar surface area (TPSA) is 61.4 Å². The molecule has 0 aromatic rings. The minimum atomic E-state index is -0.409. The van der Waals surface area contributed by atoms with Gasteiger partial charge in [0.05, 0.1) is 6.10 Å². The highest BCUT2D eigenvalue weighted by Gasteiger charge is 2.34. The molecule has 4 nitrogen and oxygen atoms in total. The van der Waals surface area contributed by atoms with E-state index in [1.54, 1.807) is 0 Å². The Morgan fingerprint density at radius 2 is 1.95 bits per heavy atom. The van der Waals surface area contributed by atoms with E-state index >= 15 is 0 Å². The van der Waals surface area contributed by atoms with Crippen LogP contribution < -0.4 is 10.6 Å². The van der Waals surface area contributed by atoms with Crippen LogP contribution in [-0.2, 0) is 4.79 Å². The number of fused-ring (bicyclic) bond motifs is 2. The second-order valence-electron chi connectivity index (χ2n) is 6.77. The Kier molecular flexibility index (Phi) is 5.22. The van der Waals surface area contributed by atoms with E-state index in [0.717, 1.165) is 19.3 Å². The molecule has 3 unspecified atom stereocenters. The largest absolute Gasteiger partial charge is 0.391 e. The van der Waals surface area contributed by atoms with Crippen LogP contribution in [0.3, 0.4) is 0 Å². The van der Waals surface area contributed by atoms with Crippen molar-refractivity contribution in [3.8, 4) is 0 Å². The Bertz CT molecular complexity index is 295. The zero-order chi connectivity index (χ0) is 13.8. The molecule has 0 radical (unpaired) electrons. The van der Waals surface area contributed by atoms with Crippen molar-refractivity contribution in [2.75, 3.05) is 6.54 Å². The Morgan fingerprint density at radius 1 is 1.32 bits per heavy atom. The molecule has 2 fully saturated rings. The van der Waals surface area contributed by atoms with E-state index in [0.29, 0.717) is 36.9 Å². The lowest BCUT2D eigenvalue weighted by Gasteiger charge is -2.28. The third-order valence-corrected chi connectivity index (χ3v) is 4.32. The summed E-state index contributed by atoms with van der Waals surface area (Å²) in [6.45, 7) is 4.56. The fraction of sp³-hybridized carbons (Fsp3) is 0.933. The normalized spacial score (nSPS) is 31.5. The summed E-state index contributed by atoms with van der Waals surface area (Å²) in [5, 5.41) is 16.2. The predicted octanol–water partition coefficient (Wildman–Crippen LogP) is 1.43. The van der Waals surface area contributed by atoms with Gasteiger partial charge in [-0.1, -0.05) is 13.8 Å². The summed E-state index contributed by atoms with van der Waals surface area (Å²) in [7, 11) is 0. The van der Waals surface area contributed by atoms with Crippen molar-refractivity contribution in [1.29, 1.82) is 0 Å². The average molecular weight is 268 g/mol. The number of aliphatic hydroxyl groups is 1. The molecule has 3 atom stereocenters. The molecule has 3 N–H and O–H groups in total. The Hall–Kier alpha value is -0.610. The van der Waals surface area contributed by atoms with Gasteiger partial charge in [-0.2, -0.15) is 0 Å². The van der Waals surface area contributed by atoms with E-state index in [-0.39, 0.29) is 5.91 Å². The molecule has 2 heterocycles. The van der Waals surface area contributed by atoms with Crippen LogP contribution in [0.25, 0.3) is 0 Å². The van der Waals surface area contributed by atoms with Crippen LogP contribution >= 0.6 is 0 Å². The molecule has 1 amide bonds. The van der Waals surface area contributed by atoms with Crippen molar-refractivity contribution in [2.45, 2.75) is 70.6 Å². The maximum Gasteiger partial charge on any atom is 0.220 e. The van der Waals surface area contributed by atoms with Crippen molar-refractivity contribution >= 4 is 5.91 Å². The van der Waals surface area contributed by atoms with E-state index in [4.69, 9.17) is 0 Å². The molecule has 0 spiro atoms. The van der Waals surface area contributed by atoms with Crippen LogP contribution in [-0.4, -0.2) is 35.7 Å². The van der Waals surface area contributed by atoms with E-state index in [9.17, 15) is 9.90 Å². The van der Waals surface area contributed by atoms with Gasteiger partial charge in [0.2, 0.25) is 5.91 Å². The summed E-state index contributed by atoms with van der Waals surface area (Å²) in [6.07, 6.45) is 5.79. The molecular weight excluding hydrogens is 240 g/mol. The number of rotatable bonds is 6. The van der Waals surface area contributed by atoms with Gasteiger partial charge < -0.3 is 15.7 Å². The summed E-state index contributed by atoms with van der Waals surface area (Å²) in [6, 6.07) is 1.28. The molecule has 2 bridgehead atoms. The minimum Gasteiger partial charge on any atom is -0.391 e. The molecule has 2 rings (SSSR count). The number of carbonyl (C=O) groups is 1. The van der Waals surface area contributed by atoms with Crippen molar-refractivity contribution in [3.05, 3.63) is 0 Å². The molecule has 0 saturated carbocycles. The van der Waals surface area contributed by atoms with Gasteiger partial charge in [-0.25, -0.2) is 0 Å². The lowest BCUT2D eigenvalue weighted by Crippen LogP contribution is -2.40. The maximum absolute atomic E-state index is 11.9. The lowest BCUT2D eigenvalue weighted by atomic mass is 9.89. The maximum atomic E-state index is 11.9. The zero-order valence-electron chi connectivity index (χ0n) is 12.2. The monoisotopic (exact) mass is 268 g/mol. The summed E-state index contributed by atoms with van der Waals surface area (Å²) in [4.78, 5) is 11.9. The fourth-order valence-corrected chi connectivity index (χ4v) is 3.54. The molecule has 2 aliphatic rings. The number of amides is 1. The fourth-order valence-electron chi connectivity index (χ4n) is 3.54. The van der Waals surface area contributed by atoms with E-state index < -0.39 is 6.10 Å². The smallest absolute Gasteiger partial charge is 0.220 e. The number of hydrogen-bond donors (Lipinski definition) is 3. The first kappa shape index (κ1) is 14.8. The third kappa shape index (κ3) is 4.77. The first-order valence-electron chi connectivity index (χ1n) is 7.73. The van der Waals surface area contributed by atoms with Crippen molar-refractivity contribution in [2.24, 2.45) is 11.8 Å². The molecule has 0 aromatic heterocycles. The first-order valence-corrected chi connectivity index (χ1v) is 7.73. The highest BCUT2D eigenvalue weighted by molar-refractivity contribution is 5.76. The highest BCUT2D eigenvalue weighted by atomic mass is 16.3. The van der Waals surface area contributed by atoms with Gasteiger partial charge in [0, 0.05) is 25.0 Å². The van der Waals surface area contributed by atoms with Crippen LogP contribution in [0, 0.1) is 11.8 Å². The van der Waals surface area contributed by atoms with Crippen LogP contribution in [0.1, 0.15) is 52.4 Å². The molecule has 19 heavy (non-hydrogen) atoms. The molecule has 110 valence electrons. The van der Waals surface area contributed by atoms with Crippen molar-refractivity contribution < 1.29 is 9.90 Å². The number of nitrogens with one attached hydrogen (secondary N) is 2. The molecule has 2 aliphatic heterocycles. The molecule has 0 aliphatic carbocycles. The Labute approximate surface area is 116 Å². The van der Waals surface area contributed by atoms with E-state index in [1.807, 2.05) is 0 Å². The van der Waals surface area contributed by atoms with Gasteiger partial charge in [0.15, 0.2) is 0 Å². The summed E-state index contributed by atoms with van der Waals surface area (Å²) < 4.78 is 0. The summed E-state index contributed by atoms with van der Waals surface area (Å²) >= 11 is 0. The SMILES string of the molecule is CC(C)CC(O)CNC(=O)CC1CC2CCC(C1)N2. The third-order valence-electron chi connectivity index (χ3n) is 4.32. The summed E-state index contributed by atoms with van der Waals surface area (Å²) in [5.41, 5.74) is 0. The van der Waals surface area contributed by atoms with Crippen LogP contribution in [0.2, 0.25) is 0 Å². The Morgan fingerprint density at radius 3 is 2.53 bits per heavy atom. The molecule has 4 heteroatoms. The standard InChI is InChI=1S/C15H28N2O2/c1-10(2)5-14(18)9-16-15(19)8-11-6-12-3-4-13(7-11)17-12/h10-14,17-18H,3-9H2,1-2H3,(H,16,19). The van der Waals surface area contributed by atoms with Gasteiger partial charge in [0.1, 0.15) is 0 Å². The number of hydrogen-bond acceptors (Lipinski definition) is 3. The number of aliphatic hydroxyl groups excluding tert-OH is 1. The van der Waals surface area contributed by atoms with Crippen molar-refractivity contribution in [1.82, 2.24) is 10.6 Å². The van der Waals surface area contributed by atoms with Gasteiger partial charge in [0.25, 0.3) is 0 Å². The average Bonchev–Trinajstić information content (AvgIpc) is 2.65. The predicted molar refractivity (Wildman–Crippen MR) is 75.8 cm³/mol. The van der Waals surface area contributed by atoms with E-state index in [2.05, 4.69) is 24.5 Å². The van der Waals surface area contributed by atoms with Gasteiger partial charge in [-0.05, 0) is 43.9 Å². The van der Waals surface area contributed by atoms with Crippen LogP contribution in [0.15, 0.2) is 0 Å². The second kappa shape index (κ2) is 6.71. The lowest BCUT2D eigenvalue weighted by molar-refractivity contribution is -0.122. The van der Waals surface area contributed by atoms with E-state index in [1.165, 1.54) is 12.8 Å². The number of carbonyl (C=O) groups excluding carboxylic acids is 1. The minimum absolute atomic E-state index is 0.106. The summed E-state index contributed by atoms with van der Waals surface area (Å²) in [5.74, 6) is 1.10. The first-order chi connectivity index (χ1) is 9.02. The molecular formula is C15H28N2O2. The van der Waals surface area contributed by atoms with Crippen LogP contribution in [0.5, 0.6) is 0 Å². The second-order valence-corrected chi connectivity index (χ2v) is 6.77. The molecule has 2 saturated heterocycles. The van der Waals surface area contributed by atoms with Gasteiger partial charge in [-0.15, -0.1) is 0 Å². The number of piperidine rings is 1. The van der Waals surface area contributed by atoms with Crippen molar-refractivity contribution in [3.63, 3.8) is 0 Å². The van der Waals surface area contributed by atoms with Gasteiger partial charge in [-0.3, -0.25) is 4.79 Å². The van der Waals surface area contributed by atoms with Crippen LogP contribution in [0.4, 0.5) is 0 Å². The Balaban J connectivity index is 1.64. The van der Waals surface area contributed by atoms with Gasteiger partial charge >= 0.3 is 0 Å². The molecule has 0 aromatic carbocycles. The highest BCUT2D eigenvalue weighted by Crippen LogP contribution is 2.32.